The molecule has 0 fully saturated rings. The first-order chi connectivity index (χ1) is 5.75. The molecule has 0 amide bonds. The van der Waals surface area contributed by atoms with E-state index in [-0.39, 0.29) is 0 Å². The summed E-state index contributed by atoms with van der Waals surface area (Å²) in [5.74, 6) is -0.794. The van der Waals surface area contributed by atoms with Crippen LogP contribution in [-0.4, -0.2) is 17.1 Å². The summed E-state index contributed by atoms with van der Waals surface area (Å²) in [7, 11) is 0. The molecule has 1 unspecified atom stereocenters. The monoisotopic (exact) mass is 180 g/mol. The van der Waals surface area contributed by atoms with Crippen LogP contribution in [0.3, 0.4) is 0 Å². The molecule has 0 bridgehead atoms. The predicted molar refractivity (Wildman–Crippen MR) is 46.5 cm³/mol. The quantitative estimate of drug-likeness (QED) is 0.454. The Morgan fingerprint density at radius 2 is 1.92 bits per heavy atom. The first-order valence-corrected chi connectivity index (χ1v) is 3.78. The summed E-state index contributed by atoms with van der Waals surface area (Å²) >= 11 is 0. The van der Waals surface area contributed by atoms with E-state index < -0.39 is 17.1 Å². The third kappa shape index (κ3) is 3.13. The summed E-state index contributed by atoms with van der Waals surface area (Å²) in [6.45, 7) is 13.0. The minimum Gasteiger partial charge on any atom is -0.453 e. The number of nitriles is 1. The van der Waals surface area contributed by atoms with Crippen molar-refractivity contribution in [2.75, 3.05) is 0 Å². The number of esters is 1. The molecule has 0 aliphatic rings. The average Bonchev–Trinajstić information content (AvgIpc) is 2.00. The topological polar surface area (TPSA) is 54.5 Å². The molecule has 4 nitrogen and oxygen atoms in total. The van der Waals surface area contributed by atoms with Gasteiger partial charge in [0.25, 0.3) is 0 Å². The van der Waals surface area contributed by atoms with Crippen molar-refractivity contribution in [3.63, 3.8) is 0 Å². The van der Waals surface area contributed by atoms with Crippen molar-refractivity contribution in [3.8, 4) is 6.07 Å². The molecular formula is C9H12N2O2. The fraction of sp³-hybridized carbons (Fsp3) is 0.667. The highest BCUT2D eigenvalue weighted by Gasteiger charge is 2.44. The van der Waals surface area contributed by atoms with Crippen LogP contribution in [0.5, 0.6) is 0 Å². The van der Waals surface area contributed by atoms with Crippen molar-refractivity contribution in [2.24, 2.45) is 0 Å². The molecule has 0 rings (SSSR count). The van der Waals surface area contributed by atoms with Crippen LogP contribution >= 0.6 is 0 Å². The Bertz CT molecular complexity index is 274. The van der Waals surface area contributed by atoms with Crippen molar-refractivity contribution in [1.29, 1.82) is 5.26 Å². The van der Waals surface area contributed by atoms with E-state index in [1.54, 1.807) is 26.8 Å². The van der Waals surface area contributed by atoms with Gasteiger partial charge in [0.05, 0.1) is 0 Å². The molecule has 70 valence electrons. The zero-order valence-corrected chi connectivity index (χ0v) is 8.21. The summed E-state index contributed by atoms with van der Waals surface area (Å²) in [6, 6.07) is 1.62. The van der Waals surface area contributed by atoms with Crippen molar-refractivity contribution in [2.45, 2.75) is 38.8 Å². The molecule has 0 aromatic rings. The molecule has 0 aliphatic carbocycles. The molecule has 0 saturated heterocycles. The first-order valence-electron chi connectivity index (χ1n) is 3.78. The zero-order chi connectivity index (χ0) is 10.7. The second-order valence-corrected chi connectivity index (χ2v) is 3.80. The van der Waals surface area contributed by atoms with Gasteiger partial charge in [0.2, 0.25) is 0 Å². The lowest BCUT2D eigenvalue weighted by Crippen LogP contribution is -2.37. The van der Waals surface area contributed by atoms with Crippen LogP contribution in [0, 0.1) is 17.9 Å². The molecule has 1 atom stereocenters. The number of carbonyl (C=O) groups is 1. The van der Waals surface area contributed by atoms with Gasteiger partial charge < -0.3 is 4.74 Å². The van der Waals surface area contributed by atoms with Gasteiger partial charge in [0.1, 0.15) is 5.60 Å². The van der Waals surface area contributed by atoms with Crippen LogP contribution in [0.2, 0.25) is 0 Å². The van der Waals surface area contributed by atoms with Crippen molar-refractivity contribution < 1.29 is 9.53 Å². The smallest absolute Gasteiger partial charge is 0.409 e. The van der Waals surface area contributed by atoms with Crippen molar-refractivity contribution in [1.82, 2.24) is 0 Å². The molecule has 0 N–H and O–H groups in total. The third-order valence-corrected chi connectivity index (χ3v) is 1.24. The highest BCUT2D eigenvalue weighted by Crippen LogP contribution is 2.16. The van der Waals surface area contributed by atoms with Crippen LogP contribution in [-0.2, 0) is 9.53 Å². The van der Waals surface area contributed by atoms with Crippen LogP contribution in [0.1, 0.15) is 27.7 Å². The lowest BCUT2D eigenvalue weighted by Gasteiger charge is -2.20. The van der Waals surface area contributed by atoms with Crippen LogP contribution in [0.25, 0.3) is 4.85 Å². The fourth-order valence-electron chi connectivity index (χ4n) is 0.494. The van der Waals surface area contributed by atoms with Gasteiger partial charge in [0.15, 0.2) is 6.07 Å². The summed E-state index contributed by atoms with van der Waals surface area (Å²) in [5, 5.41) is 8.59. The predicted octanol–water partition coefficient (Wildman–Crippen LogP) is 1.53. The molecule has 0 heterocycles. The molecule has 0 saturated carbocycles. The standard InChI is InChI=1S/C9H12N2O2/c1-8(2,3)13-7(12)9(4,6-10)11-5/h1-4H3. The van der Waals surface area contributed by atoms with Crippen molar-refractivity contribution >= 4 is 5.97 Å². The summed E-state index contributed by atoms with van der Waals surface area (Å²) in [6.07, 6.45) is 0. The molecule has 13 heavy (non-hydrogen) atoms. The Morgan fingerprint density at radius 1 is 1.46 bits per heavy atom. The van der Waals surface area contributed by atoms with Crippen LogP contribution in [0.4, 0.5) is 0 Å². The normalized spacial score (nSPS) is 14.9. The summed E-state index contributed by atoms with van der Waals surface area (Å²) < 4.78 is 4.91. The Labute approximate surface area is 77.9 Å². The number of carbonyl (C=O) groups excluding carboxylic acids is 1. The fourth-order valence-corrected chi connectivity index (χ4v) is 0.494. The molecule has 0 radical (unpaired) electrons. The van der Waals surface area contributed by atoms with Crippen molar-refractivity contribution in [3.05, 3.63) is 11.4 Å². The second kappa shape index (κ2) is 3.45. The molecular weight excluding hydrogens is 168 g/mol. The zero-order valence-electron chi connectivity index (χ0n) is 8.21. The van der Waals surface area contributed by atoms with E-state index in [1.807, 2.05) is 0 Å². The lowest BCUT2D eigenvalue weighted by molar-refractivity contribution is -0.157. The van der Waals surface area contributed by atoms with Gasteiger partial charge in [-0.05, 0) is 20.8 Å². The van der Waals surface area contributed by atoms with E-state index in [4.69, 9.17) is 16.6 Å². The number of rotatable bonds is 1. The van der Waals surface area contributed by atoms with Crippen LogP contribution < -0.4 is 0 Å². The Balaban J connectivity index is 4.66. The third-order valence-electron chi connectivity index (χ3n) is 1.24. The SMILES string of the molecule is [C-]#[N+]C(C)(C#N)C(=O)OC(C)(C)C. The minimum absolute atomic E-state index is 0.667. The van der Waals surface area contributed by atoms with Crippen LogP contribution in [0.15, 0.2) is 0 Å². The molecule has 0 aromatic heterocycles. The maximum absolute atomic E-state index is 11.3. The number of hydrogen-bond acceptors (Lipinski definition) is 3. The van der Waals surface area contributed by atoms with E-state index in [2.05, 4.69) is 4.85 Å². The molecule has 0 aromatic carbocycles. The Hall–Kier alpha value is -1.55. The van der Waals surface area contributed by atoms with E-state index in [0.29, 0.717) is 0 Å². The second-order valence-electron chi connectivity index (χ2n) is 3.80. The van der Waals surface area contributed by atoms with Gasteiger partial charge in [-0.3, -0.25) is 4.85 Å². The summed E-state index contributed by atoms with van der Waals surface area (Å²) in [5.41, 5.74) is -2.38. The average molecular weight is 180 g/mol. The maximum Gasteiger partial charge on any atom is 0.409 e. The highest BCUT2D eigenvalue weighted by atomic mass is 16.6. The van der Waals surface area contributed by atoms with E-state index in [1.165, 1.54) is 6.92 Å². The first kappa shape index (κ1) is 11.4. The van der Waals surface area contributed by atoms with Gasteiger partial charge in [-0.1, -0.05) is 0 Å². The van der Waals surface area contributed by atoms with E-state index in [9.17, 15) is 4.79 Å². The Morgan fingerprint density at radius 3 is 2.15 bits per heavy atom. The highest BCUT2D eigenvalue weighted by molar-refractivity contribution is 5.86. The van der Waals surface area contributed by atoms with E-state index >= 15 is 0 Å². The van der Waals surface area contributed by atoms with E-state index in [0.717, 1.165) is 0 Å². The lowest BCUT2D eigenvalue weighted by atomic mass is 10.1. The van der Waals surface area contributed by atoms with Gasteiger partial charge in [-0.2, -0.15) is 5.26 Å². The number of nitrogens with zero attached hydrogens (tertiary/aromatic N) is 2. The minimum atomic E-state index is -1.71. The number of ether oxygens (including phenoxy) is 1. The molecule has 0 spiro atoms. The van der Waals surface area contributed by atoms with Gasteiger partial charge in [0, 0.05) is 6.92 Å². The Kier molecular flexibility index (Phi) is 3.04. The number of hydrogen-bond donors (Lipinski definition) is 0. The largest absolute Gasteiger partial charge is 0.453 e. The molecule has 0 aliphatic heterocycles. The summed E-state index contributed by atoms with van der Waals surface area (Å²) in [4.78, 5) is 14.2. The van der Waals surface area contributed by atoms with Gasteiger partial charge >= 0.3 is 11.5 Å². The van der Waals surface area contributed by atoms with Gasteiger partial charge in [-0.25, -0.2) is 11.4 Å². The maximum atomic E-state index is 11.3. The van der Waals surface area contributed by atoms with Gasteiger partial charge in [-0.15, -0.1) is 0 Å². The molecule has 4 heteroatoms.